The third kappa shape index (κ3) is 3.70. The molecular formula is C48H28N4. The maximum atomic E-state index is 5.15. The minimum Gasteiger partial charge on any atom is -0.305 e. The lowest BCUT2D eigenvalue weighted by Crippen LogP contribution is -1.97. The summed E-state index contributed by atoms with van der Waals surface area (Å²) in [6.45, 7) is 0. The molecule has 0 fully saturated rings. The quantitative estimate of drug-likeness (QED) is 0.173. The monoisotopic (exact) mass is 660 g/mol. The van der Waals surface area contributed by atoms with Crippen molar-refractivity contribution in [3.8, 4) is 22.4 Å². The molecule has 4 heteroatoms. The molecule has 0 aliphatic rings. The molecule has 0 unspecified atom stereocenters. The van der Waals surface area contributed by atoms with Crippen molar-refractivity contribution in [1.29, 1.82) is 0 Å². The van der Waals surface area contributed by atoms with E-state index in [0.717, 1.165) is 33.1 Å². The van der Waals surface area contributed by atoms with Gasteiger partial charge in [-0.05, 0) is 46.7 Å². The molecule has 0 aliphatic heterocycles. The highest BCUT2D eigenvalue weighted by Crippen LogP contribution is 2.45. The van der Waals surface area contributed by atoms with Crippen LogP contribution in [0.25, 0.3) is 110 Å². The van der Waals surface area contributed by atoms with Crippen LogP contribution in [0.3, 0.4) is 0 Å². The van der Waals surface area contributed by atoms with Gasteiger partial charge in [0.05, 0.1) is 49.8 Å². The number of para-hydroxylation sites is 2. The van der Waals surface area contributed by atoms with Crippen molar-refractivity contribution in [1.82, 2.24) is 18.8 Å². The van der Waals surface area contributed by atoms with Crippen LogP contribution < -0.4 is 0 Å². The molecule has 52 heavy (non-hydrogen) atoms. The number of rotatable bonds is 2. The number of hydrogen-bond donors (Lipinski definition) is 0. The van der Waals surface area contributed by atoms with E-state index in [1.54, 1.807) is 0 Å². The first-order chi connectivity index (χ1) is 25.8. The van der Waals surface area contributed by atoms with E-state index >= 15 is 0 Å². The number of hydrogen-bond acceptors (Lipinski definition) is 2. The highest BCUT2D eigenvalue weighted by atomic mass is 15.0. The van der Waals surface area contributed by atoms with E-state index in [-0.39, 0.29) is 0 Å². The third-order valence-electron chi connectivity index (χ3n) is 11.1. The topological polar surface area (TPSA) is 34.6 Å². The molecule has 4 nitrogen and oxygen atoms in total. The molecule has 0 amide bonds. The molecular weight excluding hydrogens is 633 g/mol. The first-order valence-corrected chi connectivity index (χ1v) is 17.7. The summed E-state index contributed by atoms with van der Waals surface area (Å²) < 4.78 is 5.02. The molecule has 0 N–H and O–H groups in total. The molecule has 0 spiro atoms. The zero-order valence-electron chi connectivity index (χ0n) is 28.0. The van der Waals surface area contributed by atoms with Gasteiger partial charge in [0.1, 0.15) is 0 Å². The van der Waals surface area contributed by atoms with Gasteiger partial charge in [-0.15, -0.1) is 0 Å². The number of benzene rings is 7. The third-order valence-corrected chi connectivity index (χ3v) is 11.1. The van der Waals surface area contributed by atoms with Gasteiger partial charge in [0.2, 0.25) is 0 Å². The van der Waals surface area contributed by atoms with Gasteiger partial charge >= 0.3 is 0 Å². The Morgan fingerprint density at radius 1 is 0.365 bits per heavy atom. The molecule has 240 valence electrons. The van der Waals surface area contributed by atoms with E-state index in [2.05, 4.69) is 172 Å². The second-order valence-electron chi connectivity index (χ2n) is 13.8. The van der Waals surface area contributed by atoms with Crippen LogP contribution in [0.15, 0.2) is 170 Å². The Hall–Kier alpha value is -7.04. The van der Waals surface area contributed by atoms with Gasteiger partial charge in [-0.2, -0.15) is 0 Å². The van der Waals surface area contributed by atoms with Crippen molar-refractivity contribution < 1.29 is 0 Å². The minimum absolute atomic E-state index is 0.929. The fraction of sp³-hybridized carbons (Fsp3) is 0. The average Bonchev–Trinajstić information content (AvgIpc) is 3.78. The van der Waals surface area contributed by atoms with Crippen molar-refractivity contribution >= 4 is 87.2 Å². The second-order valence-corrected chi connectivity index (χ2v) is 13.8. The molecule has 0 radical (unpaired) electrons. The lowest BCUT2D eigenvalue weighted by Gasteiger charge is -2.12. The van der Waals surface area contributed by atoms with Gasteiger partial charge in [-0.1, -0.05) is 133 Å². The van der Waals surface area contributed by atoms with E-state index in [1.165, 1.54) is 76.5 Å². The molecule has 5 aromatic heterocycles. The van der Waals surface area contributed by atoms with Crippen LogP contribution in [-0.2, 0) is 0 Å². The van der Waals surface area contributed by atoms with Crippen LogP contribution >= 0.6 is 0 Å². The first kappa shape index (κ1) is 27.7. The Kier molecular flexibility index (Phi) is 5.47. The maximum Gasteiger partial charge on any atom is 0.0972 e. The van der Waals surface area contributed by atoms with Gasteiger partial charge in [-0.3, -0.25) is 4.98 Å². The maximum absolute atomic E-state index is 5.15. The largest absolute Gasteiger partial charge is 0.305 e. The molecule has 12 rings (SSSR count). The Bertz CT molecular complexity index is 3460. The van der Waals surface area contributed by atoms with Crippen LogP contribution in [0.4, 0.5) is 0 Å². The van der Waals surface area contributed by atoms with Gasteiger partial charge in [0, 0.05) is 49.6 Å². The Balaban J connectivity index is 1.19. The van der Waals surface area contributed by atoms with E-state index in [4.69, 9.17) is 4.98 Å². The summed E-state index contributed by atoms with van der Waals surface area (Å²) in [6.07, 6.45) is 1.84. The summed E-state index contributed by atoms with van der Waals surface area (Å²) in [5, 5.41) is 9.64. The molecule has 0 bridgehead atoms. The number of pyridine rings is 2. The lowest BCUT2D eigenvalue weighted by molar-refractivity contribution is 1.26. The van der Waals surface area contributed by atoms with E-state index in [0.29, 0.717) is 0 Å². The predicted octanol–water partition coefficient (Wildman–Crippen LogP) is 12.4. The Morgan fingerprint density at radius 2 is 0.962 bits per heavy atom. The summed E-state index contributed by atoms with van der Waals surface area (Å²) in [5.74, 6) is 0. The average molecular weight is 661 g/mol. The van der Waals surface area contributed by atoms with Crippen LogP contribution in [-0.4, -0.2) is 18.8 Å². The summed E-state index contributed by atoms with van der Waals surface area (Å²) in [5.41, 5.74) is 13.5. The fourth-order valence-corrected chi connectivity index (χ4v) is 8.75. The smallest absolute Gasteiger partial charge is 0.0972 e. The molecule has 0 atom stereocenters. The Morgan fingerprint density at radius 3 is 1.77 bits per heavy atom. The highest BCUT2D eigenvalue weighted by Gasteiger charge is 2.23. The second kappa shape index (κ2) is 10.3. The number of fused-ring (bicyclic) bond motifs is 17. The van der Waals surface area contributed by atoms with Crippen molar-refractivity contribution in [2.24, 2.45) is 0 Å². The minimum atomic E-state index is 0.929. The lowest BCUT2D eigenvalue weighted by atomic mass is 9.98. The molecule has 0 saturated carbocycles. The van der Waals surface area contributed by atoms with Crippen LogP contribution in [0, 0.1) is 0 Å². The SMILES string of the molecule is c1ccc2c(c1)ccc1cc3c4c(-c5ccc(-c6ccc7ccc8cccnc8c7n6)cc5)c5ccc6ccccc6c5n4c4ccccc4n3c12. The molecule has 0 aliphatic carbocycles. The van der Waals surface area contributed by atoms with Gasteiger partial charge in [-0.25, -0.2) is 4.98 Å². The zero-order valence-corrected chi connectivity index (χ0v) is 28.0. The van der Waals surface area contributed by atoms with Crippen molar-refractivity contribution in [2.75, 3.05) is 0 Å². The molecule has 7 aromatic carbocycles. The van der Waals surface area contributed by atoms with Crippen molar-refractivity contribution in [3.63, 3.8) is 0 Å². The fourth-order valence-electron chi connectivity index (χ4n) is 8.75. The number of aromatic nitrogens is 4. The van der Waals surface area contributed by atoms with Crippen LogP contribution in [0.5, 0.6) is 0 Å². The Labute approximate surface area is 297 Å². The van der Waals surface area contributed by atoms with Gasteiger partial charge in [0.25, 0.3) is 0 Å². The van der Waals surface area contributed by atoms with Gasteiger partial charge in [0.15, 0.2) is 0 Å². The summed E-state index contributed by atoms with van der Waals surface area (Å²) in [4.78, 5) is 9.84. The molecule has 5 heterocycles. The normalized spacial score (nSPS) is 12.2. The first-order valence-electron chi connectivity index (χ1n) is 17.7. The van der Waals surface area contributed by atoms with Gasteiger partial charge < -0.3 is 8.80 Å². The van der Waals surface area contributed by atoms with E-state index in [9.17, 15) is 0 Å². The van der Waals surface area contributed by atoms with E-state index < -0.39 is 0 Å². The van der Waals surface area contributed by atoms with Crippen LogP contribution in [0.1, 0.15) is 0 Å². The van der Waals surface area contributed by atoms with Crippen molar-refractivity contribution in [3.05, 3.63) is 170 Å². The van der Waals surface area contributed by atoms with Crippen LogP contribution in [0.2, 0.25) is 0 Å². The highest BCUT2D eigenvalue weighted by molar-refractivity contribution is 6.22. The van der Waals surface area contributed by atoms with E-state index in [1.807, 2.05) is 12.3 Å². The predicted molar refractivity (Wildman–Crippen MR) is 217 cm³/mol. The summed E-state index contributed by atoms with van der Waals surface area (Å²) in [7, 11) is 0. The molecule has 0 saturated heterocycles. The number of nitrogens with zero attached hydrogens (tertiary/aromatic N) is 4. The summed E-state index contributed by atoms with van der Waals surface area (Å²) in [6, 6.07) is 59.5. The summed E-state index contributed by atoms with van der Waals surface area (Å²) >= 11 is 0. The standard InChI is InChI=1S/C48H28N4/c1-3-11-36-29(8-1)15-22-35-28-42-48-43(32-18-16-31(17-19-32)39-26-24-34-21-20-33-10-7-27-49-44(33)45(34)50-39)38-25-23-30-9-2-4-12-37(30)47(38)52(48)41-14-6-5-13-40(41)51(42)46(35)36/h1-28H. The molecule has 12 aromatic rings. The van der Waals surface area contributed by atoms with Crippen molar-refractivity contribution in [2.45, 2.75) is 0 Å². The zero-order chi connectivity index (χ0) is 33.9.